The molecule has 0 aliphatic carbocycles. The number of hydrogen-bond donors (Lipinski definition) is 0. The monoisotopic (exact) mass is 387 g/mol. The second-order valence-corrected chi connectivity index (χ2v) is 7.61. The second kappa shape index (κ2) is 5.49. The minimum absolute atomic E-state index is 0.151. The molecule has 2 unspecified atom stereocenters. The van der Waals surface area contributed by atoms with E-state index in [0.717, 1.165) is 9.68 Å². The number of ether oxygens (including phenoxy) is 1. The van der Waals surface area contributed by atoms with Gasteiger partial charge in [-0.15, -0.1) is 0 Å². The Kier molecular flexibility index (Phi) is 4.31. The van der Waals surface area contributed by atoms with Crippen molar-refractivity contribution >= 4 is 38.9 Å². The molecule has 0 aromatic heterocycles. The van der Waals surface area contributed by atoms with Gasteiger partial charge in [0.05, 0.1) is 0 Å². The van der Waals surface area contributed by atoms with Crippen LogP contribution in [0.3, 0.4) is 0 Å². The molecule has 1 amide bonds. The molecule has 1 heterocycles. The van der Waals surface area contributed by atoms with E-state index in [2.05, 4.69) is 28.1 Å². The van der Waals surface area contributed by atoms with Crippen molar-refractivity contribution in [1.82, 2.24) is 4.90 Å². The molecular weight excluding hydrogens is 369 g/mol. The maximum absolute atomic E-state index is 12.3. The van der Waals surface area contributed by atoms with Gasteiger partial charge in [-0.2, -0.15) is 0 Å². The van der Waals surface area contributed by atoms with Crippen LogP contribution in [0.5, 0.6) is 0 Å². The third kappa shape index (κ3) is 3.35. The summed E-state index contributed by atoms with van der Waals surface area (Å²) in [5.41, 5.74) is 2.01. The molecule has 19 heavy (non-hydrogen) atoms. The molecule has 0 spiro atoms. The Balaban J connectivity index is 2.24. The molecule has 0 saturated heterocycles. The standard InChI is InChI=1S/C14H19AsBrNO2/c1-14(2,3)19-13(18)17-8-9-6-10(16)4-5-11(9)12(17)7-15/h4-6,12H,7-8,15H2,1-3H3. The first-order valence-electron chi connectivity index (χ1n) is 6.30. The van der Waals surface area contributed by atoms with E-state index < -0.39 is 5.60 Å². The molecule has 3 nitrogen and oxygen atoms in total. The zero-order valence-electron chi connectivity index (χ0n) is 11.4. The van der Waals surface area contributed by atoms with Gasteiger partial charge >= 0.3 is 131 Å². The third-order valence-electron chi connectivity index (χ3n) is 3.03. The molecule has 2 rings (SSSR count). The molecule has 1 aromatic rings. The van der Waals surface area contributed by atoms with Gasteiger partial charge in [-0.25, -0.2) is 0 Å². The predicted octanol–water partition coefficient (Wildman–Crippen LogP) is 3.29. The predicted molar refractivity (Wildman–Crippen MR) is 82.0 cm³/mol. The van der Waals surface area contributed by atoms with Crippen molar-refractivity contribution in [2.24, 2.45) is 0 Å². The molecule has 2 atom stereocenters. The Morgan fingerprint density at radius 2 is 2.21 bits per heavy atom. The van der Waals surface area contributed by atoms with Gasteiger partial charge in [0.1, 0.15) is 0 Å². The molecule has 0 bridgehead atoms. The van der Waals surface area contributed by atoms with E-state index in [1.54, 1.807) is 16.9 Å². The van der Waals surface area contributed by atoms with Gasteiger partial charge in [0.15, 0.2) is 0 Å². The van der Waals surface area contributed by atoms with Gasteiger partial charge < -0.3 is 0 Å². The van der Waals surface area contributed by atoms with E-state index in [0.29, 0.717) is 6.54 Å². The Morgan fingerprint density at radius 1 is 1.53 bits per heavy atom. The summed E-state index contributed by atoms with van der Waals surface area (Å²) in [6.45, 7) is 6.33. The van der Waals surface area contributed by atoms with E-state index in [1.807, 2.05) is 31.7 Å². The molecule has 1 aliphatic rings. The first kappa shape index (κ1) is 14.9. The van der Waals surface area contributed by atoms with Crippen molar-refractivity contribution in [1.29, 1.82) is 0 Å². The van der Waals surface area contributed by atoms with Crippen LogP contribution in [-0.2, 0) is 11.3 Å². The summed E-state index contributed by atoms with van der Waals surface area (Å²) in [7, 11) is 0. The van der Waals surface area contributed by atoms with Gasteiger partial charge in [0.25, 0.3) is 0 Å². The summed E-state index contributed by atoms with van der Waals surface area (Å²) in [6, 6.07) is 6.38. The molecule has 5 heteroatoms. The van der Waals surface area contributed by atoms with E-state index in [4.69, 9.17) is 4.74 Å². The van der Waals surface area contributed by atoms with E-state index >= 15 is 0 Å². The van der Waals surface area contributed by atoms with E-state index in [-0.39, 0.29) is 12.1 Å². The van der Waals surface area contributed by atoms with E-state index in [1.165, 1.54) is 11.1 Å². The molecule has 0 fully saturated rings. The van der Waals surface area contributed by atoms with Crippen molar-refractivity contribution in [3.63, 3.8) is 0 Å². The number of hydrogen-bond acceptors (Lipinski definition) is 2. The number of carbonyl (C=O) groups excluding carboxylic acids is 1. The number of amides is 1. The van der Waals surface area contributed by atoms with Crippen LogP contribution >= 0.6 is 15.9 Å². The third-order valence-corrected chi connectivity index (χ3v) is 4.46. The Bertz CT molecular complexity index is 499. The normalized spacial score (nSPS) is 18.4. The van der Waals surface area contributed by atoms with Crippen LogP contribution in [0.25, 0.3) is 0 Å². The topological polar surface area (TPSA) is 29.5 Å². The molecule has 1 aliphatic heterocycles. The van der Waals surface area contributed by atoms with Gasteiger partial charge in [-0.1, -0.05) is 0 Å². The van der Waals surface area contributed by atoms with E-state index in [9.17, 15) is 4.79 Å². The Labute approximate surface area is 131 Å². The van der Waals surface area contributed by atoms with Crippen LogP contribution in [0, 0.1) is 0 Å². The summed E-state index contributed by atoms with van der Waals surface area (Å²) in [4.78, 5) is 14.1. The fourth-order valence-electron chi connectivity index (χ4n) is 2.26. The van der Waals surface area contributed by atoms with Crippen molar-refractivity contribution < 1.29 is 9.53 Å². The first-order chi connectivity index (χ1) is 8.81. The van der Waals surface area contributed by atoms with Gasteiger partial charge in [0.2, 0.25) is 0 Å². The van der Waals surface area contributed by atoms with Crippen LogP contribution in [0.4, 0.5) is 4.79 Å². The molecule has 0 radical (unpaired) electrons. The number of nitrogens with zero attached hydrogens (tertiary/aromatic N) is 1. The van der Waals surface area contributed by atoms with Crippen molar-refractivity contribution in [2.75, 3.05) is 0 Å². The molecule has 0 saturated carbocycles. The van der Waals surface area contributed by atoms with Crippen LogP contribution < -0.4 is 0 Å². The molecular formula is C14H19AsBrNO2. The van der Waals surface area contributed by atoms with Crippen molar-refractivity contribution in [3.8, 4) is 0 Å². The van der Waals surface area contributed by atoms with Crippen molar-refractivity contribution in [2.45, 2.75) is 44.2 Å². The fourth-order valence-corrected chi connectivity index (χ4v) is 3.74. The maximum atomic E-state index is 12.3. The number of carbonyl (C=O) groups is 1. The second-order valence-electron chi connectivity index (χ2n) is 5.70. The zero-order valence-corrected chi connectivity index (χ0v) is 15.5. The Hall–Kier alpha value is -0.472. The molecule has 104 valence electrons. The van der Waals surface area contributed by atoms with Gasteiger partial charge in [-0.05, 0) is 0 Å². The summed E-state index contributed by atoms with van der Waals surface area (Å²) in [6.07, 6.45) is -0.220. The number of fused-ring (bicyclic) bond motifs is 1. The molecule has 0 N–H and O–H groups in total. The summed E-state index contributed by atoms with van der Waals surface area (Å²) < 4.78 is 6.55. The van der Waals surface area contributed by atoms with Gasteiger partial charge in [-0.3, -0.25) is 0 Å². The van der Waals surface area contributed by atoms with Crippen LogP contribution in [0.1, 0.15) is 37.9 Å². The summed E-state index contributed by atoms with van der Waals surface area (Å²) in [5.74, 6) is 0. The number of benzene rings is 1. The summed E-state index contributed by atoms with van der Waals surface area (Å²) >= 11 is 5.11. The van der Waals surface area contributed by atoms with Crippen LogP contribution in [-0.4, -0.2) is 33.4 Å². The summed E-state index contributed by atoms with van der Waals surface area (Å²) in [5, 5.41) is 0.959. The van der Waals surface area contributed by atoms with Crippen LogP contribution in [0.2, 0.25) is 5.21 Å². The zero-order chi connectivity index (χ0) is 14.2. The number of rotatable bonds is 1. The quantitative estimate of drug-likeness (QED) is 0.692. The first-order valence-corrected chi connectivity index (χ1v) is 8.80. The SMILES string of the molecule is CC(C)(C)OC(=O)N1Cc2cc(Br)ccc2C1C[AsH2]. The fraction of sp³-hybridized carbons (Fsp3) is 0.500. The minimum atomic E-state index is -0.449. The van der Waals surface area contributed by atoms with Crippen LogP contribution in [0.15, 0.2) is 22.7 Å². The van der Waals surface area contributed by atoms with Gasteiger partial charge in [0, 0.05) is 0 Å². The molecule has 1 aromatic carbocycles. The Morgan fingerprint density at radius 3 is 2.79 bits per heavy atom. The average Bonchev–Trinajstić information content (AvgIpc) is 2.64. The average molecular weight is 388 g/mol. The van der Waals surface area contributed by atoms with Crippen molar-refractivity contribution in [3.05, 3.63) is 33.8 Å². The number of halogens is 1.